The average molecular weight is 1570 g/mol. The Balaban J connectivity index is 1.09. The molecule has 0 radical (unpaired) electrons. The molecule has 5 aromatic rings. The van der Waals surface area contributed by atoms with E-state index in [0.29, 0.717) is 45.8 Å². The Morgan fingerprint density at radius 3 is 1.97 bits per heavy atom. The Kier molecular flexibility index (Phi) is 28.6. The number of carbonyl (C=O) groups is 12. The standard InChI is InChI=1S/C73H97N14O19PS2/c1-38-61(92)78-50(31-43-20-24-48(25-21-43)106-107(102,103)104)63(94)86-73(10)41(4)105-40(3)57(84-70(73)101)66(97)81-53(59(74)91)37-109-36-45-15-11-14-44(30-45)35-108-29-26-55(90)82-58(71(5,6)7)67(98)80-52(32-42-18-22-47(89)23-19-42)68(99)87-28-13-17-54(87)64(95)83-56(39(2)88)65(96)79-51(62(93)85-72(8,9)69(100)77-38)33-46-34-76-60-49(46)16-12-27-75-60/h11-12,14-16,18-25,27,30,34,38-41,50-54,56-58,88-89H,13,17,26,28-29,31-33,35-37H2,1-10H3,(H2,74,91)(H,75,76)(H,77,100)(H,78,92)(H,79,96)(H,80,98)(H,81,97)(H,82,90)(H,83,95)(H,84,101)(H,85,93)(H,86,94)(H2,102,103,104)/t38-,39+,40-,41?,50-,51-,52-,53-,54-,56-,57-,58?,73-/m0/s1. The number of hydrogen-bond donors (Lipinski definition) is 16. The van der Waals surface area contributed by atoms with Crippen LogP contribution in [0.3, 0.4) is 0 Å². The van der Waals surface area contributed by atoms with Gasteiger partial charge in [0.1, 0.15) is 82.6 Å². The summed E-state index contributed by atoms with van der Waals surface area (Å²) in [6.07, 6.45) is -1.31. The van der Waals surface area contributed by atoms with Crippen LogP contribution in [0.5, 0.6) is 11.5 Å². The van der Waals surface area contributed by atoms with Crippen LogP contribution in [-0.4, -0.2) is 208 Å². The number of phenolic OH excluding ortho intramolecular Hbond substituents is 1. The molecule has 36 heteroatoms. The van der Waals surface area contributed by atoms with Gasteiger partial charge in [-0.25, -0.2) is 9.55 Å². The molecule has 2 aromatic heterocycles. The van der Waals surface area contributed by atoms with Crippen molar-refractivity contribution in [3.63, 3.8) is 0 Å². The van der Waals surface area contributed by atoms with Crippen molar-refractivity contribution in [1.29, 1.82) is 0 Å². The summed E-state index contributed by atoms with van der Waals surface area (Å²) >= 11 is 2.74. The number of ether oxygens (including phenoxy) is 1. The number of thioether (sulfide) groups is 2. The zero-order valence-corrected chi connectivity index (χ0v) is 64.6. The van der Waals surface area contributed by atoms with Crippen LogP contribution in [0.4, 0.5) is 0 Å². The number of nitrogens with one attached hydrogen (secondary N) is 11. The highest BCUT2D eigenvalue weighted by molar-refractivity contribution is 7.98. The molecule has 13 atom stereocenters. The molecule has 3 aliphatic heterocycles. The predicted octanol–water partition coefficient (Wildman–Crippen LogP) is 0.717. The van der Waals surface area contributed by atoms with Crippen molar-refractivity contribution in [2.75, 3.05) is 18.1 Å². The molecule has 2 unspecified atom stereocenters. The molecule has 33 nitrogen and oxygen atoms in total. The molecule has 4 bridgehead atoms. The van der Waals surface area contributed by atoms with Gasteiger partial charge in [-0.1, -0.05) is 69.3 Å². The molecule has 3 aromatic carbocycles. The highest BCUT2D eigenvalue weighted by Gasteiger charge is 2.50. The van der Waals surface area contributed by atoms with Crippen molar-refractivity contribution in [1.82, 2.24) is 68.0 Å². The predicted molar refractivity (Wildman–Crippen MR) is 403 cm³/mol. The number of phosphoric ester groups is 1. The number of rotatable bonds is 10. The number of carbonyl (C=O) groups excluding carboxylic acids is 12. The molecule has 8 rings (SSSR count). The van der Waals surface area contributed by atoms with Gasteiger partial charge in [0.05, 0.1) is 18.3 Å². The number of hydrogen-bond acceptors (Lipinski definition) is 20. The van der Waals surface area contributed by atoms with Crippen LogP contribution in [0.15, 0.2) is 97.3 Å². The number of nitrogens with zero attached hydrogens (tertiary/aromatic N) is 2. The molecule has 0 aliphatic carbocycles. The monoisotopic (exact) mass is 1570 g/mol. The number of benzene rings is 3. The summed E-state index contributed by atoms with van der Waals surface area (Å²) in [4.78, 5) is 200. The third-order valence-electron chi connectivity index (χ3n) is 19.0. The Morgan fingerprint density at radius 2 is 1.33 bits per heavy atom. The Hall–Kier alpha value is -9.64. The zero-order chi connectivity index (χ0) is 80.0. The van der Waals surface area contributed by atoms with Crippen molar-refractivity contribution in [2.24, 2.45) is 11.1 Å². The number of aliphatic hydroxyl groups is 1. The second-order valence-corrected chi connectivity index (χ2v) is 32.5. The molecule has 12 amide bonds. The van der Waals surface area contributed by atoms with Gasteiger partial charge in [0.2, 0.25) is 70.9 Å². The second kappa shape index (κ2) is 36.7. The maximum Gasteiger partial charge on any atom is 0.524 e. The van der Waals surface area contributed by atoms with Crippen molar-refractivity contribution >= 4 is 113 Å². The molecular weight excluding hydrogens is 1470 g/mol. The van der Waals surface area contributed by atoms with E-state index in [2.05, 4.69) is 67.7 Å². The summed E-state index contributed by atoms with van der Waals surface area (Å²) in [5, 5.41) is 48.6. The molecule has 0 saturated carbocycles. The molecule has 5 heterocycles. The van der Waals surface area contributed by atoms with E-state index in [1.54, 1.807) is 51.2 Å². The molecular formula is C73H97N14O19PS2. The van der Waals surface area contributed by atoms with Crippen molar-refractivity contribution in [2.45, 2.75) is 203 Å². The summed E-state index contributed by atoms with van der Waals surface area (Å²) in [5.41, 5.74) is 4.38. The largest absolute Gasteiger partial charge is 0.524 e. The van der Waals surface area contributed by atoms with Crippen molar-refractivity contribution in [3.8, 4) is 11.5 Å². The number of fused-ring (bicyclic) bond motifs is 7. The number of pyridine rings is 1. The van der Waals surface area contributed by atoms with Crippen LogP contribution in [0.2, 0.25) is 0 Å². The number of aromatic hydroxyl groups is 1. The summed E-state index contributed by atoms with van der Waals surface area (Å²) < 4.78 is 22.6. The Morgan fingerprint density at radius 1 is 0.716 bits per heavy atom. The summed E-state index contributed by atoms with van der Waals surface area (Å²) in [5.74, 6) is -9.55. The third-order valence-corrected chi connectivity index (χ3v) is 21.5. The minimum absolute atomic E-state index is 0.00227. The highest BCUT2D eigenvalue weighted by atomic mass is 32.2. The van der Waals surface area contributed by atoms with E-state index >= 15 is 4.79 Å². The first-order valence-electron chi connectivity index (χ1n) is 35.5. The number of nitrogens with two attached hydrogens (primary N) is 1. The van der Waals surface area contributed by atoms with Crippen LogP contribution < -0.4 is 63.4 Å². The fourth-order valence-corrected chi connectivity index (χ4v) is 14.8. The first kappa shape index (κ1) is 85.0. The second-order valence-electron chi connectivity index (χ2n) is 29.2. The SMILES string of the molecule is CC1O[C@@H](C)[C@@H]2NC(=O)[C@@]1(C)NC(=O)[C@H](Cc1ccc(OP(=O)(O)O)cc1)NC(=O)[C@H](C)NC(=O)C(C)(C)NC(=O)[C@H](Cc1c[nH]c3ncccc13)NC(=O)[C@H]([C@@H](C)O)NC(=O)[C@@H]1CCCN1C(=O)[C@H](Cc1ccc(O)cc1)NC(=O)C(C(C)(C)C)NC(=O)CCSCc1cccc(c1)CSC[C@@H](C(N)=O)NC2=O. The summed E-state index contributed by atoms with van der Waals surface area (Å²) in [6.45, 7) is 14.6. The topological polar surface area (TPSA) is 500 Å². The van der Waals surface area contributed by atoms with E-state index in [-0.39, 0.29) is 61.5 Å². The van der Waals surface area contributed by atoms with Crippen molar-refractivity contribution < 1.29 is 91.4 Å². The number of H-pyrrole nitrogens is 1. The number of aromatic nitrogens is 2. The van der Waals surface area contributed by atoms with E-state index in [4.69, 9.17) is 10.5 Å². The number of amides is 12. The normalized spacial score (nSPS) is 26.8. The van der Waals surface area contributed by atoms with E-state index in [1.165, 1.54) is 119 Å². The molecule has 109 heavy (non-hydrogen) atoms. The lowest BCUT2D eigenvalue weighted by molar-refractivity contribution is -0.143. The first-order chi connectivity index (χ1) is 51.2. The van der Waals surface area contributed by atoms with Gasteiger partial charge in [-0.2, -0.15) is 23.5 Å². The first-order valence-corrected chi connectivity index (χ1v) is 39.3. The molecule has 17 N–H and O–H groups in total. The van der Waals surface area contributed by atoms with E-state index in [1.807, 2.05) is 24.3 Å². The molecule has 2 saturated heterocycles. The van der Waals surface area contributed by atoms with Gasteiger partial charge in [0.15, 0.2) is 0 Å². The number of aliphatic hydroxyl groups excluding tert-OH is 1. The van der Waals surface area contributed by atoms with Crippen LogP contribution in [-0.2, 0) is 97.6 Å². The fourth-order valence-electron chi connectivity index (χ4n) is 12.5. The molecule has 590 valence electrons. The number of aromatic amines is 1. The van der Waals surface area contributed by atoms with Gasteiger partial charge in [0.25, 0.3) is 0 Å². The van der Waals surface area contributed by atoms with E-state index < -0.39 is 168 Å². The summed E-state index contributed by atoms with van der Waals surface area (Å²) in [6, 6.07) is 8.85. The fraction of sp³-hybridized carbons (Fsp3) is 0.493. The zero-order valence-electron chi connectivity index (χ0n) is 62.1. The number of phosphoric acid groups is 1. The van der Waals surface area contributed by atoms with Crippen LogP contribution in [0.1, 0.15) is 116 Å². The molecule has 3 aliphatic rings. The van der Waals surface area contributed by atoms with Gasteiger partial charge < -0.3 is 88.3 Å². The quantitative estimate of drug-likeness (QED) is 0.0857. The van der Waals surface area contributed by atoms with Gasteiger partial charge in [-0.05, 0) is 131 Å². The van der Waals surface area contributed by atoms with E-state index in [0.717, 1.165) is 11.1 Å². The smallest absolute Gasteiger partial charge is 0.508 e. The highest BCUT2D eigenvalue weighted by Crippen LogP contribution is 2.38. The third kappa shape index (κ3) is 23.2. The maximum absolute atomic E-state index is 15.0. The van der Waals surface area contributed by atoms with Gasteiger partial charge in [-0.15, -0.1) is 0 Å². The van der Waals surface area contributed by atoms with Crippen molar-refractivity contribution in [3.05, 3.63) is 125 Å². The van der Waals surface area contributed by atoms with Crippen LogP contribution in [0.25, 0.3) is 11.0 Å². The molecule has 0 spiro atoms. The van der Waals surface area contributed by atoms with Gasteiger partial charge >= 0.3 is 7.82 Å². The molecule has 2 fully saturated rings. The lowest BCUT2D eigenvalue weighted by atomic mass is 9.85. The van der Waals surface area contributed by atoms with Crippen LogP contribution >= 0.6 is 31.3 Å². The van der Waals surface area contributed by atoms with Gasteiger partial charge in [-0.3, -0.25) is 67.3 Å². The minimum Gasteiger partial charge on any atom is -0.508 e. The lowest BCUT2D eigenvalue weighted by Gasteiger charge is -2.34. The van der Waals surface area contributed by atoms with Crippen LogP contribution in [0, 0.1) is 5.41 Å². The summed E-state index contributed by atoms with van der Waals surface area (Å²) in [7, 11) is -5.01. The average Bonchev–Trinajstić information content (AvgIpc) is 1.71. The minimum atomic E-state index is -5.01. The van der Waals surface area contributed by atoms with E-state index in [9.17, 15) is 77.3 Å². The Bertz CT molecular complexity index is 4230. The maximum atomic E-state index is 15.0. The number of primary amides is 1. The Labute approximate surface area is 638 Å². The lowest BCUT2D eigenvalue weighted by Crippen LogP contribution is -2.66. The number of phenols is 1. The van der Waals surface area contributed by atoms with Gasteiger partial charge in [0, 0.05) is 73.0 Å².